The van der Waals surface area contributed by atoms with Gasteiger partial charge in [-0.25, -0.2) is 4.68 Å². The molecule has 1 N–H and O–H groups in total. The topological polar surface area (TPSA) is 72.7 Å². The third kappa shape index (κ3) is 3.20. The molecule has 0 fully saturated rings. The second-order valence-electron chi connectivity index (χ2n) is 4.95. The van der Waals surface area contributed by atoms with E-state index in [4.69, 9.17) is 0 Å². The number of nitrogens with one attached hydrogen (secondary N) is 1. The van der Waals surface area contributed by atoms with E-state index in [1.54, 1.807) is 4.68 Å². The molecule has 0 atom stereocenters. The number of nitrogens with zero attached hydrogens (tertiary/aromatic N) is 4. The monoisotopic (exact) mass is 273 g/mol. The van der Waals surface area contributed by atoms with Crippen LogP contribution in [0.15, 0.2) is 24.3 Å². The number of aryl methyl sites for hydroxylation is 1. The number of benzene rings is 1. The third-order valence-electron chi connectivity index (χ3n) is 3.07. The summed E-state index contributed by atoms with van der Waals surface area (Å²) in [6, 6.07) is 7.74. The van der Waals surface area contributed by atoms with Gasteiger partial charge in [-0.3, -0.25) is 4.79 Å². The summed E-state index contributed by atoms with van der Waals surface area (Å²) in [5.41, 5.74) is 1.67. The summed E-state index contributed by atoms with van der Waals surface area (Å²) in [5.74, 6) is 0.719. The second kappa shape index (κ2) is 6.27. The van der Waals surface area contributed by atoms with E-state index in [-0.39, 0.29) is 11.9 Å². The Kier molecular flexibility index (Phi) is 4.45. The number of hydrogen-bond acceptors (Lipinski definition) is 4. The van der Waals surface area contributed by atoms with E-state index in [0.717, 1.165) is 11.4 Å². The van der Waals surface area contributed by atoms with E-state index >= 15 is 0 Å². The van der Waals surface area contributed by atoms with Crippen molar-refractivity contribution in [2.45, 2.75) is 33.2 Å². The molecular weight excluding hydrogens is 254 g/mol. The highest BCUT2D eigenvalue weighted by Gasteiger charge is 2.11. The molecule has 1 aromatic carbocycles. The maximum absolute atomic E-state index is 12.0. The van der Waals surface area contributed by atoms with Gasteiger partial charge in [0.25, 0.3) is 5.91 Å². The van der Waals surface area contributed by atoms with Crippen LogP contribution >= 0.6 is 0 Å². The van der Waals surface area contributed by atoms with Crippen molar-refractivity contribution in [1.82, 2.24) is 25.5 Å². The summed E-state index contributed by atoms with van der Waals surface area (Å²) < 4.78 is 1.76. The van der Waals surface area contributed by atoms with Gasteiger partial charge in [0.2, 0.25) is 0 Å². The first-order chi connectivity index (χ1) is 9.59. The van der Waals surface area contributed by atoms with Crippen LogP contribution in [0.3, 0.4) is 0 Å². The molecule has 0 aliphatic heterocycles. The van der Waals surface area contributed by atoms with E-state index in [1.165, 1.54) is 0 Å². The van der Waals surface area contributed by atoms with E-state index in [2.05, 4.69) is 20.8 Å². The predicted molar refractivity (Wildman–Crippen MR) is 75.4 cm³/mol. The number of hydrogen-bond donors (Lipinski definition) is 1. The van der Waals surface area contributed by atoms with Gasteiger partial charge in [0, 0.05) is 18.5 Å². The Hall–Kier alpha value is -2.24. The standard InChI is InChI=1S/C14H19N5O/c1-10(2)19-13(16-17-18-19)8-9-15-14(20)12-7-5-4-6-11(12)3/h4-7,10H,8-9H2,1-3H3,(H,15,20). The van der Waals surface area contributed by atoms with E-state index in [0.29, 0.717) is 18.5 Å². The minimum atomic E-state index is -0.0633. The molecule has 0 unspecified atom stereocenters. The van der Waals surface area contributed by atoms with E-state index in [1.807, 2.05) is 45.0 Å². The lowest BCUT2D eigenvalue weighted by Crippen LogP contribution is -2.27. The van der Waals surface area contributed by atoms with E-state index < -0.39 is 0 Å². The van der Waals surface area contributed by atoms with Crippen molar-refractivity contribution in [3.05, 3.63) is 41.2 Å². The Morgan fingerprint density at radius 2 is 2.10 bits per heavy atom. The fourth-order valence-corrected chi connectivity index (χ4v) is 1.99. The van der Waals surface area contributed by atoms with Gasteiger partial charge in [-0.15, -0.1) is 5.10 Å². The molecule has 6 nitrogen and oxygen atoms in total. The Morgan fingerprint density at radius 1 is 1.35 bits per heavy atom. The molecule has 2 aromatic rings. The number of amides is 1. The Bertz CT molecular complexity index is 591. The Balaban J connectivity index is 1.92. The summed E-state index contributed by atoms with van der Waals surface area (Å²) in [5, 5.41) is 14.5. The molecule has 0 aliphatic rings. The largest absolute Gasteiger partial charge is 0.352 e. The highest BCUT2D eigenvalue weighted by Crippen LogP contribution is 2.07. The van der Waals surface area contributed by atoms with Gasteiger partial charge in [0.05, 0.1) is 6.04 Å². The molecule has 0 saturated heterocycles. The summed E-state index contributed by atoms with van der Waals surface area (Å²) in [4.78, 5) is 12.0. The van der Waals surface area contributed by atoms with Gasteiger partial charge in [-0.1, -0.05) is 18.2 Å². The molecule has 0 radical (unpaired) electrons. The van der Waals surface area contributed by atoms with Crippen LogP contribution in [0.1, 0.15) is 41.6 Å². The van der Waals surface area contributed by atoms with Crippen LogP contribution in [0.4, 0.5) is 0 Å². The molecule has 1 heterocycles. The molecule has 0 aliphatic carbocycles. The van der Waals surface area contributed by atoms with Gasteiger partial charge in [-0.2, -0.15) is 0 Å². The van der Waals surface area contributed by atoms with Crippen molar-refractivity contribution in [2.24, 2.45) is 0 Å². The van der Waals surface area contributed by atoms with Gasteiger partial charge >= 0.3 is 0 Å². The number of carbonyl (C=O) groups is 1. The highest BCUT2D eigenvalue weighted by molar-refractivity contribution is 5.95. The molecule has 1 aromatic heterocycles. The lowest BCUT2D eigenvalue weighted by molar-refractivity contribution is 0.0953. The smallest absolute Gasteiger partial charge is 0.251 e. The lowest BCUT2D eigenvalue weighted by Gasteiger charge is -2.09. The fraction of sp³-hybridized carbons (Fsp3) is 0.429. The van der Waals surface area contributed by atoms with Gasteiger partial charge in [0.15, 0.2) is 5.82 Å². The SMILES string of the molecule is Cc1ccccc1C(=O)NCCc1nnnn1C(C)C. The molecule has 20 heavy (non-hydrogen) atoms. The normalized spacial score (nSPS) is 10.8. The van der Waals surface area contributed by atoms with Crippen molar-refractivity contribution in [1.29, 1.82) is 0 Å². The zero-order valence-electron chi connectivity index (χ0n) is 12.0. The first-order valence-electron chi connectivity index (χ1n) is 6.70. The van der Waals surface area contributed by atoms with Crippen molar-refractivity contribution in [2.75, 3.05) is 6.54 Å². The molecule has 0 bridgehead atoms. The van der Waals surface area contributed by atoms with Gasteiger partial charge in [0.1, 0.15) is 0 Å². The molecule has 6 heteroatoms. The fourth-order valence-electron chi connectivity index (χ4n) is 1.99. The lowest BCUT2D eigenvalue weighted by atomic mass is 10.1. The zero-order valence-corrected chi connectivity index (χ0v) is 12.0. The minimum absolute atomic E-state index is 0.0633. The minimum Gasteiger partial charge on any atom is -0.352 e. The number of tetrazole rings is 1. The van der Waals surface area contributed by atoms with Crippen molar-refractivity contribution < 1.29 is 4.79 Å². The molecule has 0 spiro atoms. The first-order valence-corrected chi connectivity index (χ1v) is 6.70. The van der Waals surface area contributed by atoms with Crippen molar-refractivity contribution in [3.63, 3.8) is 0 Å². The van der Waals surface area contributed by atoms with Crippen LogP contribution < -0.4 is 5.32 Å². The zero-order chi connectivity index (χ0) is 14.5. The summed E-state index contributed by atoms with van der Waals surface area (Å²) in [7, 11) is 0. The van der Waals surface area contributed by atoms with Crippen LogP contribution in [-0.4, -0.2) is 32.7 Å². The summed E-state index contributed by atoms with van der Waals surface area (Å²) in [6.07, 6.45) is 0.614. The van der Waals surface area contributed by atoms with Crippen LogP contribution in [0.25, 0.3) is 0 Å². The number of aromatic nitrogens is 4. The predicted octanol–water partition coefficient (Wildman–Crippen LogP) is 1.53. The Labute approximate surface area is 118 Å². The van der Waals surface area contributed by atoms with Crippen LogP contribution in [-0.2, 0) is 6.42 Å². The van der Waals surface area contributed by atoms with Gasteiger partial charge < -0.3 is 5.32 Å². The van der Waals surface area contributed by atoms with E-state index in [9.17, 15) is 4.79 Å². The third-order valence-corrected chi connectivity index (χ3v) is 3.07. The average molecular weight is 273 g/mol. The molecule has 2 rings (SSSR count). The maximum Gasteiger partial charge on any atom is 0.251 e. The number of carbonyl (C=O) groups excluding carboxylic acids is 1. The maximum atomic E-state index is 12.0. The first kappa shape index (κ1) is 14.2. The number of rotatable bonds is 5. The highest BCUT2D eigenvalue weighted by atomic mass is 16.1. The summed E-state index contributed by atoms with van der Waals surface area (Å²) in [6.45, 7) is 6.48. The Morgan fingerprint density at radius 3 is 2.80 bits per heavy atom. The van der Waals surface area contributed by atoms with Crippen molar-refractivity contribution in [3.8, 4) is 0 Å². The molecular formula is C14H19N5O. The van der Waals surface area contributed by atoms with Gasteiger partial charge in [-0.05, 0) is 42.8 Å². The van der Waals surface area contributed by atoms with Crippen molar-refractivity contribution >= 4 is 5.91 Å². The van der Waals surface area contributed by atoms with Crippen LogP contribution in [0, 0.1) is 6.92 Å². The molecule has 0 saturated carbocycles. The van der Waals surface area contributed by atoms with Crippen LogP contribution in [0.2, 0.25) is 0 Å². The molecule has 1 amide bonds. The summed E-state index contributed by atoms with van der Waals surface area (Å²) >= 11 is 0. The average Bonchev–Trinajstić information content (AvgIpc) is 2.87. The van der Waals surface area contributed by atoms with Crippen LogP contribution in [0.5, 0.6) is 0 Å². The quantitative estimate of drug-likeness (QED) is 0.896. The second-order valence-corrected chi connectivity index (χ2v) is 4.95. The molecule has 106 valence electrons.